The van der Waals surface area contributed by atoms with Crippen LogP contribution in [0.25, 0.3) is 5.65 Å². The molecule has 0 atom stereocenters. The number of amides is 1. The average molecular weight is 527 g/mol. The summed E-state index contributed by atoms with van der Waals surface area (Å²) < 4.78 is 51.0. The number of alkyl halides is 2. The van der Waals surface area contributed by atoms with Gasteiger partial charge in [0.2, 0.25) is 0 Å². The van der Waals surface area contributed by atoms with Gasteiger partial charge in [-0.05, 0) is 0 Å². The molecular weight excluding hydrogens is 502 g/mol. The molecule has 0 bridgehead atoms. The van der Waals surface area contributed by atoms with E-state index in [0.29, 0.717) is 41.4 Å². The summed E-state index contributed by atoms with van der Waals surface area (Å²) in [5, 5.41) is 3.24. The van der Waals surface area contributed by atoms with Gasteiger partial charge in [-0.25, -0.2) is 13.8 Å². The molecule has 35 heavy (non-hydrogen) atoms. The van der Waals surface area contributed by atoms with E-state index in [1.165, 1.54) is 12.3 Å². The molecule has 0 aromatic carbocycles. The molecule has 1 amide bonds. The van der Waals surface area contributed by atoms with E-state index in [9.17, 15) is 17.6 Å². The minimum absolute atomic E-state index is 0.0223. The molecule has 1 N–H and O–H groups in total. The number of aryl methyl sites for hydroxylation is 1. The predicted molar refractivity (Wildman–Crippen MR) is 128 cm³/mol. The summed E-state index contributed by atoms with van der Waals surface area (Å²) in [5.41, 5.74) is 0.936. The number of pyridine rings is 2. The van der Waals surface area contributed by atoms with Crippen molar-refractivity contribution in [2.24, 2.45) is 0 Å². The summed E-state index contributed by atoms with van der Waals surface area (Å²) >= 11 is 5.95. The third-order valence-corrected chi connectivity index (χ3v) is 7.24. The SMILES string of the molecule is Cc1c(Oc2ncc(Cl)cc2OCC(C)(F)F)ccc2nc(C(=O)NC3(C)CC[S-](#[O+])CC3)cn12. The number of imidazole rings is 1. The fourth-order valence-corrected chi connectivity index (χ4v) is 5.36. The van der Waals surface area contributed by atoms with Crippen molar-refractivity contribution in [1.29, 1.82) is 0 Å². The monoisotopic (exact) mass is 526 g/mol. The molecule has 4 heterocycles. The van der Waals surface area contributed by atoms with Gasteiger partial charge in [-0.3, -0.25) is 0 Å². The van der Waals surface area contributed by atoms with Crippen LogP contribution in [0.2, 0.25) is 5.02 Å². The van der Waals surface area contributed by atoms with Gasteiger partial charge in [-0.1, -0.05) is 11.6 Å². The van der Waals surface area contributed by atoms with E-state index in [0.717, 1.165) is 6.92 Å². The molecule has 1 fully saturated rings. The van der Waals surface area contributed by atoms with Gasteiger partial charge >= 0.3 is 130 Å². The van der Waals surface area contributed by atoms with Crippen LogP contribution in [0.3, 0.4) is 0 Å². The average Bonchev–Trinajstić information content (AvgIpc) is 3.23. The fourth-order valence-electron chi connectivity index (χ4n) is 3.65. The molecule has 188 valence electrons. The fraction of sp³-hybridized carbons (Fsp3) is 0.435. The summed E-state index contributed by atoms with van der Waals surface area (Å²) in [7, 11) is -0.834. The molecule has 0 spiro atoms. The van der Waals surface area contributed by atoms with E-state index in [1.54, 1.807) is 29.7 Å². The molecule has 3 aromatic heterocycles. The topological polar surface area (TPSA) is 97.7 Å². The van der Waals surface area contributed by atoms with Gasteiger partial charge in [0.1, 0.15) is 0 Å². The van der Waals surface area contributed by atoms with Crippen LogP contribution in [0.15, 0.2) is 30.6 Å². The van der Waals surface area contributed by atoms with Gasteiger partial charge in [0.05, 0.1) is 5.02 Å². The molecule has 12 heteroatoms. The second-order valence-corrected chi connectivity index (χ2v) is 11.1. The molecule has 3 aromatic rings. The van der Waals surface area contributed by atoms with Crippen molar-refractivity contribution in [2.45, 2.75) is 45.1 Å². The van der Waals surface area contributed by atoms with Crippen LogP contribution in [-0.2, 0) is 14.7 Å². The van der Waals surface area contributed by atoms with Crippen LogP contribution in [0, 0.1) is 6.92 Å². The number of rotatable bonds is 7. The van der Waals surface area contributed by atoms with E-state index in [1.807, 2.05) is 6.92 Å². The summed E-state index contributed by atoms with van der Waals surface area (Å²) in [5.74, 6) is -1.93. The first-order valence-corrected chi connectivity index (χ1v) is 12.8. The molecule has 0 saturated carbocycles. The van der Waals surface area contributed by atoms with E-state index in [4.69, 9.17) is 21.1 Å². The number of ether oxygens (including phenoxy) is 2. The summed E-state index contributed by atoms with van der Waals surface area (Å²) in [6.07, 6.45) is 4.20. The maximum absolute atomic E-state index is 13.3. The number of carbonyl (C=O) groups is 1. The Morgan fingerprint density at radius 3 is 2.74 bits per heavy atom. The Balaban J connectivity index is 1.56. The van der Waals surface area contributed by atoms with Crippen molar-refractivity contribution in [3.63, 3.8) is 0 Å². The third kappa shape index (κ3) is 6.14. The number of fused-ring (bicyclic) bond motifs is 1. The van der Waals surface area contributed by atoms with Crippen LogP contribution < -0.4 is 14.8 Å². The standard InChI is InChI=1S/C23H25ClF2N4O4S/c1-14-17(34-21-18(10-15(24)11-27-21)33-13-23(3,25)26)4-5-19-28-16(12-30(14)19)20(31)29-22(2)6-8-35(32)9-7-22/h4-5,10-12H,6-9,13H2,1-3H3,(H,29,31). The second kappa shape index (κ2) is 9.79. The Hall–Kier alpha value is -2.63. The van der Waals surface area contributed by atoms with Crippen LogP contribution in [0.1, 0.15) is 42.9 Å². The van der Waals surface area contributed by atoms with Crippen molar-refractivity contribution in [1.82, 2.24) is 19.7 Å². The summed E-state index contributed by atoms with van der Waals surface area (Å²) in [6, 6.07) is 4.66. The van der Waals surface area contributed by atoms with Crippen LogP contribution >= 0.6 is 11.6 Å². The second-order valence-electron chi connectivity index (χ2n) is 8.92. The maximum atomic E-state index is 13.3. The molecular formula is C23H25ClF2N4O4S. The van der Waals surface area contributed by atoms with Gasteiger partial charge < -0.3 is 4.74 Å². The van der Waals surface area contributed by atoms with Gasteiger partial charge in [0.25, 0.3) is 11.8 Å². The summed E-state index contributed by atoms with van der Waals surface area (Å²) in [4.78, 5) is 21.4. The normalized spacial score (nSPS) is 16.3. The van der Waals surface area contributed by atoms with Crippen molar-refractivity contribution in [3.8, 4) is 17.4 Å². The Kier molecular flexibility index (Phi) is 7.12. The molecule has 0 radical (unpaired) electrons. The zero-order chi connectivity index (χ0) is 25.4. The Labute approximate surface area is 208 Å². The minimum atomic E-state index is -3.05. The molecule has 1 saturated heterocycles. The van der Waals surface area contributed by atoms with Gasteiger partial charge in [-0.15, -0.1) is 0 Å². The Morgan fingerprint density at radius 2 is 2.06 bits per heavy atom. The Bertz CT molecular complexity index is 1340. The van der Waals surface area contributed by atoms with Crippen molar-refractivity contribution in [3.05, 3.63) is 47.0 Å². The van der Waals surface area contributed by atoms with E-state index in [2.05, 4.69) is 15.3 Å². The first-order chi connectivity index (χ1) is 16.4. The van der Waals surface area contributed by atoms with E-state index in [-0.39, 0.29) is 28.3 Å². The number of carbonyl (C=O) groups excluding carboxylic acids is 1. The molecule has 0 unspecified atom stereocenters. The van der Waals surface area contributed by atoms with Gasteiger partial charge in [0.15, 0.2) is 12.4 Å². The number of hydrogen-bond donors (Lipinski definition) is 1. The molecule has 1 aliphatic rings. The molecule has 0 aliphatic carbocycles. The molecule has 1 aliphatic heterocycles. The zero-order valence-electron chi connectivity index (χ0n) is 19.4. The van der Waals surface area contributed by atoms with Crippen molar-refractivity contribution >= 4 is 33.8 Å². The summed E-state index contributed by atoms with van der Waals surface area (Å²) in [6.45, 7) is 3.59. The van der Waals surface area contributed by atoms with Gasteiger partial charge in [0, 0.05) is 19.2 Å². The quantitative estimate of drug-likeness (QED) is 0.353. The predicted octanol–water partition coefficient (Wildman–Crippen LogP) is 4.76. The van der Waals surface area contributed by atoms with Crippen LogP contribution in [0.5, 0.6) is 17.4 Å². The van der Waals surface area contributed by atoms with Crippen molar-refractivity contribution < 1.29 is 27.1 Å². The van der Waals surface area contributed by atoms with E-state index >= 15 is 0 Å². The van der Waals surface area contributed by atoms with E-state index < -0.39 is 28.7 Å². The first kappa shape index (κ1) is 25.5. The number of nitrogens with zero attached hydrogens (tertiary/aromatic N) is 3. The number of nitrogens with one attached hydrogen (secondary N) is 1. The zero-order valence-corrected chi connectivity index (χ0v) is 21.0. The van der Waals surface area contributed by atoms with Crippen molar-refractivity contribution in [2.75, 3.05) is 18.1 Å². The van der Waals surface area contributed by atoms with Crippen LogP contribution in [0.4, 0.5) is 8.78 Å². The molecule has 8 nitrogen and oxygen atoms in total. The number of halogens is 3. The van der Waals surface area contributed by atoms with Gasteiger partial charge in [-0.2, -0.15) is 0 Å². The Morgan fingerprint density at radius 1 is 1.34 bits per heavy atom. The first-order valence-electron chi connectivity index (χ1n) is 10.9. The molecule has 4 rings (SSSR count). The number of aromatic nitrogens is 3. The third-order valence-electron chi connectivity index (χ3n) is 5.72. The number of hydrogen-bond acceptors (Lipinski definition) is 6. The van der Waals surface area contributed by atoms with Crippen LogP contribution in [-0.4, -0.2) is 49.8 Å².